The largest absolute Gasteiger partial charge is 0.356 e. The minimum absolute atomic E-state index is 0.187. The lowest BCUT2D eigenvalue weighted by molar-refractivity contribution is -0.120. The van der Waals surface area contributed by atoms with E-state index in [9.17, 15) is 4.79 Å². The number of amides is 1. The van der Waals surface area contributed by atoms with Crippen LogP contribution in [0.2, 0.25) is 0 Å². The van der Waals surface area contributed by atoms with Gasteiger partial charge in [0.05, 0.1) is 0 Å². The molecule has 0 radical (unpaired) electrons. The molecular weight excluding hydrogens is 278 g/mol. The van der Waals surface area contributed by atoms with Crippen LogP contribution in [0.5, 0.6) is 0 Å². The molecule has 0 aromatic carbocycles. The van der Waals surface area contributed by atoms with E-state index in [0.29, 0.717) is 12.5 Å². The van der Waals surface area contributed by atoms with Gasteiger partial charge in [-0.05, 0) is 26.7 Å². The summed E-state index contributed by atoms with van der Waals surface area (Å²) in [6, 6.07) is 0.590. The highest BCUT2D eigenvalue weighted by atomic mass is 16.1. The Bertz CT molecular complexity index is 539. The molecule has 1 amide bonds. The Balaban J connectivity index is 1.60. The fourth-order valence-electron chi connectivity index (χ4n) is 3.44. The van der Waals surface area contributed by atoms with E-state index in [4.69, 9.17) is 0 Å². The van der Waals surface area contributed by atoms with Crippen LogP contribution in [0.1, 0.15) is 30.5 Å². The van der Waals surface area contributed by atoms with Gasteiger partial charge < -0.3 is 10.2 Å². The topological polar surface area (TPSA) is 61.4 Å². The van der Waals surface area contributed by atoms with Gasteiger partial charge in [0, 0.05) is 56.4 Å². The number of nitrogens with one attached hydrogen (secondary N) is 1. The SMILES string of the molecule is Cc1ncnc(N2CCC(N3CCNC(=O)CC3)CC2)c1C. The molecule has 3 rings (SSSR count). The standard InChI is InChI=1S/C16H25N5O/c1-12-13(2)18-11-19-16(12)21-7-3-14(4-8-21)20-9-5-15(22)17-6-10-20/h11,14H,3-10H2,1-2H3,(H,17,22). The molecule has 120 valence electrons. The highest BCUT2D eigenvalue weighted by Crippen LogP contribution is 2.24. The average Bonchev–Trinajstić information content (AvgIpc) is 2.75. The molecule has 2 aliphatic rings. The number of rotatable bonds is 2. The second-order valence-electron chi connectivity index (χ2n) is 6.26. The van der Waals surface area contributed by atoms with Crippen LogP contribution in [-0.4, -0.2) is 59.5 Å². The van der Waals surface area contributed by atoms with Crippen LogP contribution in [0.3, 0.4) is 0 Å². The van der Waals surface area contributed by atoms with E-state index in [1.807, 2.05) is 6.92 Å². The van der Waals surface area contributed by atoms with Gasteiger partial charge in [0.15, 0.2) is 0 Å². The Morgan fingerprint density at radius 3 is 2.68 bits per heavy atom. The Labute approximate surface area is 131 Å². The van der Waals surface area contributed by atoms with E-state index < -0.39 is 0 Å². The second-order valence-corrected chi connectivity index (χ2v) is 6.26. The zero-order chi connectivity index (χ0) is 15.5. The molecule has 2 saturated heterocycles. The molecule has 2 aliphatic heterocycles. The maximum absolute atomic E-state index is 11.5. The molecule has 1 aromatic rings. The maximum atomic E-state index is 11.5. The molecule has 1 aromatic heterocycles. The van der Waals surface area contributed by atoms with Crippen molar-refractivity contribution in [2.45, 2.75) is 39.2 Å². The van der Waals surface area contributed by atoms with Crippen LogP contribution in [0, 0.1) is 13.8 Å². The molecule has 0 spiro atoms. The highest BCUT2D eigenvalue weighted by Gasteiger charge is 2.27. The molecule has 0 saturated carbocycles. The van der Waals surface area contributed by atoms with E-state index in [0.717, 1.165) is 57.1 Å². The third-order valence-corrected chi connectivity index (χ3v) is 4.94. The minimum atomic E-state index is 0.187. The Hall–Kier alpha value is -1.69. The fourth-order valence-corrected chi connectivity index (χ4v) is 3.44. The smallest absolute Gasteiger partial charge is 0.221 e. The van der Waals surface area contributed by atoms with Gasteiger partial charge in [-0.1, -0.05) is 0 Å². The van der Waals surface area contributed by atoms with Gasteiger partial charge in [0.1, 0.15) is 12.1 Å². The number of piperidine rings is 1. The van der Waals surface area contributed by atoms with Crippen LogP contribution in [0.25, 0.3) is 0 Å². The van der Waals surface area contributed by atoms with Gasteiger partial charge in [-0.3, -0.25) is 9.69 Å². The van der Waals surface area contributed by atoms with Crippen LogP contribution >= 0.6 is 0 Å². The van der Waals surface area contributed by atoms with Crippen molar-refractivity contribution in [2.75, 3.05) is 37.6 Å². The monoisotopic (exact) mass is 303 g/mol. The molecule has 3 heterocycles. The molecule has 0 atom stereocenters. The van der Waals surface area contributed by atoms with Crippen LogP contribution < -0.4 is 10.2 Å². The first-order valence-electron chi connectivity index (χ1n) is 8.19. The normalized spacial score (nSPS) is 21.5. The van der Waals surface area contributed by atoms with Crippen molar-refractivity contribution < 1.29 is 4.79 Å². The third kappa shape index (κ3) is 3.21. The first-order chi connectivity index (χ1) is 10.6. The lowest BCUT2D eigenvalue weighted by Gasteiger charge is -2.38. The van der Waals surface area contributed by atoms with E-state index >= 15 is 0 Å². The first-order valence-corrected chi connectivity index (χ1v) is 8.19. The number of carbonyl (C=O) groups excluding carboxylic acids is 1. The van der Waals surface area contributed by atoms with Crippen molar-refractivity contribution in [1.29, 1.82) is 0 Å². The van der Waals surface area contributed by atoms with Crippen LogP contribution in [-0.2, 0) is 4.79 Å². The summed E-state index contributed by atoms with van der Waals surface area (Å²) in [5.74, 6) is 1.27. The summed E-state index contributed by atoms with van der Waals surface area (Å²) >= 11 is 0. The first kappa shape index (κ1) is 15.2. The van der Waals surface area contributed by atoms with Gasteiger partial charge in [0.2, 0.25) is 5.91 Å². The van der Waals surface area contributed by atoms with E-state index in [1.54, 1.807) is 6.33 Å². The van der Waals surface area contributed by atoms with Crippen molar-refractivity contribution >= 4 is 11.7 Å². The van der Waals surface area contributed by atoms with Crippen molar-refractivity contribution in [1.82, 2.24) is 20.2 Å². The molecule has 0 unspecified atom stereocenters. The number of hydrogen-bond donors (Lipinski definition) is 1. The number of anilines is 1. The van der Waals surface area contributed by atoms with Gasteiger partial charge >= 0.3 is 0 Å². The Kier molecular flexibility index (Phi) is 4.57. The molecule has 22 heavy (non-hydrogen) atoms. The van der Waals surface area contributed by atoms with Crippen molar-refractivity contribution in [3.05, 3.63) is 17.6 Å². The van der Waals surface area contributed by atoms with Gasteiger partial charge in [-0.2, -0.15) is 0 Å². The molecule has 6 heteroatoms. The second kappa shape index (κ2) is 6.60. The van der Waals surface area contributed by atoms with E-state index in [2.05, 4.69) is 32.0 Å². The summed E-state index contributed by atoms with van der Waals surface area (Å²) in [7, 11) is 0. The molecule has 2 fully saturated rings. The number of hydrogen-bond acceptors (Lipinski definition) is 5. The summed E-state index contributed by atoms with van der Waals surface area (Å²) in [5, 5.41) is 2.95. The van der Waals surface area contributed by atoms with Crippen LogP contribution in [0.4, 0.5) is 5.82 Å². The lowest BCUT2D eigenvalue weighted by atomic mass is 10.0. The number of nitrogens with zero attached hydrogens (tertiary/aromatic N) is 4. The number of carbonyl (C=O) groups is 1. The van der Waals surface area contributed by atoms with Gasteiger partial charge in [-0.25, -0.2) is 9.97 Å². The maximum Gasteiger partial charge on any atom is 0.221 e. The molecule has 1 N–H and O–H groups in total. The number of aromatic nitrogens is 2. The van der Waals surface area contributed by atoms with Gasteiger partial charge in [-0.15, -0.1) is 0 Å². The lowest BCUT2D eigenvalue weighted by Crippen LogP contribution is -2.46. The predicted molar refractivity (Wildman–Crippen MR) is 85.9 cm³/mol. The highest BCUT2D eigenvalue weighted by molar-refractivity contribution is 5.76. The molecule has 0 aliphatic carbocycles. The van der Waals surface area contributed by atoms with E-state index in [-0.39, 0.29) is 5.91 Å². The van der Waals surface area contributed by atoms with Crippen molar-refractivity contribution in [3.63, 3.8) is 0 Å². The quantitative estimate of drug-likeness (QED) is 0.879. The molecule has 6 nitrogen and oxygen atoms in total. The minimum Gasteiger partial charge on any atom is -0.356 e. The summed E-state index contributed by atoms with van der Waals surface area (Å²) in [5.41, 5.74) is 2.25. The molecule has 0 bridgehead atoms. The summed E-state index contributed by atoms with van der Waals surface area (Å²) in [6.45, 7) is 8.84. The summed E-state index contributed by atoms with van der Waals surface area (Å²) in [4.78, 5) is 25.0. The van der Waals surface area contributed by atoms with E-state index in [1.165, 1.54) is 5.56 Å². The van der Waals surface area contributed by atoms with Gasteiger partial charge in [0.25, 0.3) is 0 Å². The summed E-state index contributed by atoms with van der Waals surface area (Å²) < 4.78 is 0. The zero-order valence-electron chi connectivity index (χ0n) is 13.5. The summed E-state index contributed by atoms with van der Waals surface area (Å²) in [6.07, 6.45) is 4.56. The Morgan fingerprint density at radius 1 is 1.14 bits per heavy atom. The fraction of sp³-hybridized carbons (Fsp3) is 0.688. The molecular formula is C16H25N5O. The number of aryl methyl sites for hydroxylation is 1. The van der Waals surface area contributed by atoms with Crippen molar-refractivity contribution in [3.8, 4) is 0 Å². The average molecular weight is 303 g/mol. The van der Waals surface area contributed by atoms with Crippen molar-refractivity contribution in [2.24, 2.45) is 0 Å². The zero-order valence-corrected chi connectivity index (χ0v) is 13.5. The predicted octanol–water partition coefficient (Wildman–Crippen LogP) is 0.884. The Morgan fingerprint density at radius 2 is 1.91 bits per heavy atom. The van der Waals surface area contributed by atoms with Crippen LogP contribution in [0.15, 0.2) is 6.33 Å². The third-order valence-electron chi connectivity index (χ3n) is 4.94.